The minimum atomic E-state index is -2.79. The van der Waals surface area contributed by atoms with Crippen LogP contribution in [0.2, 0.25) is 0 Å². The van der Waals surface area contributed by atoms with Gasteiger partial charge < -0.3 is 19.4 Å². The van der Waals surface area contributed by atoms with E-state index in [2.05, 4.69) is 82.3 Å². The standard InChI is InChI=1S/C68H62N3O.Ir/c1-46-19-15-16-26-56(46)61-40-64(60-30-18-29-59-58-28-17-27-57(65(58)72-66(59)60)50-20-9-6-10-21-50)69-43-53(61)32-31-47-37-48(41-67(2,3)54-33-35-62(70-44-54)51-22-11-7-12-23-51)39-49(38-47)42-68(4,5)55-34-36-63(71-45-55)52-24-13-8-14-25-52;/h7-8,11-19,22,24,26-29,33-40,43-45,50H,6,9-10,20-21,31-32,41-42H2,1-5H3;/q-3;+3/i1D3,31D2,32D2;. The van der Waals surface area contributed by atoms with Gasteiger partial charge >= 0.3 is 20.1 Å². The van der Waals surface area contributed by atoms with Crippen LogP contribution in [0.4, 0.5) is 0 Å². The number of nitrogens with zero attached hydrogens (tertiary/aromatic N) is 3. The summed E-state index contributed by atoms with van der Waals surface area (Å²) in [5.41, 5.74) is 10.1. The van der Waals surface area contributed by atoms with E-state index >= 15 is 0 Å². The Balaban J connectivity index is 0.00000720. The number of rotatable bonds is 14. The van der Waals surface area contributed by atoms with Crippen molar-refractivity contribution in [2.75, 3.05) is 0 Å². The Bertz CT molecular complexity index is 3700. The molecule has 0 aliphatic heterocycles. The molecule has 10 aromatic rings. The van der Waals surface area contributed by atoms with Crippen LogP contribution in [-0.2, 0) is 56.5 Å². The van der Waals surface area contributed by atoms with Gasteiger partial charge in [0.05, 0.1) is 5.58 Å². The molecule has 0 atom stereocenters. The van der Waals surface area contributed by atoms with Gasteiger partial charge in [0.1, 0.15) is 5.58 Å². The molecule has 1 aliphatic carbocycles. The summed E-state index contributed by atoms with van der Waals surface area (Å²) in [6, 6.07) is 57.6. The summed E-state index contributed by atoms with van der Waals surface area (Å²) in [5, 5.41) is 1.88. The molecule has 1 aliphatic rings. The number of aryl methyl sites for hydroxylation is 3. The second-order valence-corrected chi connectivity index (χ2v) is 20.7. The maximum Gasteiger partial charge on any atom is 3.00 e. The maximum atomic E-state index is 10.1. The van der Waals surface area contributed by atoms with Crippen molar-refractivity contribution in [3.63, 3.8) is 0 Å². The monoisotopic (exact) mass is 1140 g/mol. The third kappa shape index (κ3) is 10.7. The van der Waals surface area contributed by atoms with Crippen LogP contribution in [0.15, 0.2) is 175 Å². The van der Waals surface area contributed by atoms with Crippen LogP contribution >= 0.6 is 0 Å². The van der Waals surface area contributed by atoms with Crippen molar-refractivity contribution < 1.29 is 34.1 Å². The van der Waals surface area contributed by atoms with Crippen LogP contribution in [-0.4, -0.2) is 15.0 Å². The molecule has 0 unspecified atom stereocenters. The number of aromatic nitrogens is 3. The Morgan fingerprint density at radius 3 is 1.79 bits per heavy atom. The van der Waals surface area contributed by atoms with Crippen molar-refractivity contribution >= 4 is 21.9 Å². The summed E-state index contributed by atoms with van der Waals surface area (Å²) in [7, 11) is 0. The van der Waals surface area contributed by atoms with E-state index in [1.165, 1.54) is 37.1 Å². The summed E-state index contributed by atoms with van der Waals surface area (Å²) in [6.07, 6.45) is 6.42. The van der Waals surface area contributed by atoms with Crippen molar-refractivity contribution in [2.45, 2.75) is 109 Å². The molecule has 0 bridgehead atoms. The Kier molecular flexibility index (Phi) is 12.2. The molecule has 0 N–H and O–H groups in total. The average Bonchev–Trinajstić information content (AvgIpc) is 4.03. The Labute approximate surface area is 455 Å². The number of hydrogen-bond donors (Lipinski definition) is 0. The Morgan fingerprint density at radius 2 is 1.18 bits per heavy atom. The van der Waals surface area contributed by atoms with Gasteiger partial charge in [-0.3, -0.25) is 0 Å². The molecule has 5 heteroatoms. The van der Waals surface area contributed by atoms with Gasteiger partial charge in [-0.2, -0.15) is 0 Å². The fraction of sp³-hybridized carbons (Fsp3) is 0.250. The summed E-state index contributed by atoms with van der Waals surface area (Å²) in [6.45, 7) is 5.97. The van der Waals surface area contributed by atoms with Gasteiger partial charge in [0.25, 0.3) is 0 Å². The van der Waals surface area contributed by atoms with Crippen molar-refractivity contribution in [3.8, 4) is 44.9 Å². The Morgan fingerprint density at radius 1 is 0.562 bits per heavy atom. The molecule has 6 aromatic carbocycles. The van der Waals surface area contributed by atoms with E-state index in [0.717, 1.165) is 74.0 Å². The zero-order chi connectivity index (χ0) is 55.3. The first kappa shape index (κ1) is 41.7. The van der Waals surface area contributed by atoms with E-state index in [1.54, 1.807) is 36.4 Å². The third-order valence-electron chi connectivity index (χ3n) is 14.7. The fourth-order valence-corrected chi connectivity index (χ4v) is 10.8. The molecule has 4 aromatic heterocycles. The molecular formula is C68H62IrN3O. The molecule has 0 spiro atoms. The van der Waals surface area contributed by atoms with Crippen LogP contribution in [0.1, 0.15) is 120 Å². The van der Waals surface area contributed by atoms with Gasteiger partial charge in [-0.1, -0.05) is 149 Å². The first-order chi connectivity index (χ1) is 37.8. The normalized spacial score (nSPS) is 15.3. The van der Waals surface area contributed by atoms with E-state index < -0.39 is 30.4 Å². The van der Waals surface area contributed by atoms with Crippen LogP contribution < -0.4 is 0 Å². The number of furan rings is 1. The molecule has 1 saturated carbocycles. The van der Waals surface area contributed by atoms with Crippen molar-refractivity contribution in [1.29, 1.82) is 0 Å². The predicted octanol–water partition coefficient (Wildman–Crippen LogP) is 17.0. The molecule has 0 saturated heterocycles. The van der Waals surface area contributed by atoms with E-state index in [0.29, 0.717) is 35.6 Å². The number of para-hydroxylation sites is 1. The van der Waals surface area contributed by atoms with Gasteiger partial charge in [-0.25, -0.2) is 0 Å². The molecule has 73 heavy (non-hydrogen) atoms. The van der Waals surface area contributed by atoms with Crippen LogP contribution in [0.3, 0.4) is 0 Å². The summed E-state index contributed by atoms with van der Waals surface area (Å²) in [5.74, 6) is 0.389. The van der Waals surface area contributed by atoms with E-state index in [-0.39, 0.29) is 47.9 Å². The SMILES string of the molecule is [2H]C([2H])([2H])c1ccccc1-c1cc(-c2[c-]ccc3c2oc2c(C4CCCCC4)cccc23)ncc1C([2H])([2H])C([2H])([2H])c1cc(CC(C)(C)c2ccc(-c3[c-]cccc3)nc2)cc(CC(C)(C)c2ccc(-c3[c-]cccc3)nc2)c1.[Ir+3]. The smallest absolute Gasteiger partial charge is 0.500 e. The van der Waals surface area contributed by atoms with Crippen molar-refractivity contribution in [2.24, 2.45) is 0 Å². The van der Waals surface area contributed by atoms with Crippen LogP contribution in [0, 0.1) is 25.1 Å². The average molecular weight is 1140 g/mol. The number of benzene rings is 6. The molecular weight excluding hydrogens is 1070 g/mol. The van der Waals surface area contributed by atoms with Gasteiger partial charge in [-0.05, 0) is 135 Å². The first-order valence-corrected chi connectivity index (χ1v) is 25.3. The second kappa shape index (κ2) is 21.4. The zero-order valence-electron chi connectivity index (χ0n) is 48.8. The quantitative estimate of drug-likeness (QED) is 0.102. The van der Waals surface area contributed by atoms with Gasteiger partial charge in [0, 0.05) is 33.6 Å². The maximum absolute atomic E-state index is 10.1. The predicted molar refractivity (Wildman–Crippen MR) is 296 cm³/mol. The first-order valence-electron chi connectivity index (χ1n) is 28.8. The molecule has 0 amide bonds. The minimum absolute atomic E-state index is 0. The molecule has 0 radical (unpaired) electrons. The molecule has 364 valence electrons. The second-order valence-electron chi connectivity index (χ2n) is 20.7. The largest absolute Gasteiger partial charge is 3.00 e. The van der Waals surface area contributed by atoms with Gasteiger partial charge in [0.2, 0.25) is 0 Å². The number of pyridine rings is 3. The van der Waals surface area contributed by atoms with Crippen molar-refractivity contribution in [3.05, 3.63) is 233 Å². The third-order valence-corrected chi connectivity index (χ3v) is 14.7. The molecule has 11 rings (SSSR count). The van der Waals surface area contributed by atoms with Gasteiger partial charge in [-0.15, -0.1) is 90.0 Å². The summed E-state index contributed by atoms with van der Waals surface area (Å²) >= 11 is 0. The van der Waals surface area contributed by atoms with Crippen molar-refractivity contribution in [1.82, 2.24) is 15.0 Å². The van der Waals surface area contributed by atoms with E-state index in [4.69, 9.17) is 23.5 Å². The zero-order valence-corrected chi connectivity index (χ0v) is 44.2. The number of hydrogen-bond acceptors (Lipinski definition) is 4. The van der Waals surface area contributed by atoms with E-state index in [9.17, 15) is 5.48 Å². The topological polar surface area (TPSA) is 51.8 Å². The van der Waals surface area contributed by atoms with Gasteiger partial charge in [0.15, 0.2) is 0 Å². The molecule has 4 nitrogen and oxygen atoms in total. The number of fused-ring (bicyclic) bond motifs is 3. The molecule has 4 heterocycles. The Hall–Kier alpha value is -6.78. The summed E-state index contributed by atoms with van der Waals surface area (Å²) < 4.78 is 73.4. The summed E-state index contributed by atoms with van der Waals surface area (Å²) in [4.78, 5) is 14.6. The van der Waals surface area contributed by atoms with Crippen LogP contribution in [0.5, 0.6) is 0 Å². The fourth-order valence-electron chi connectivity index (χ4n) is 10.8. The van der Waals surface area contributed by atoms with E-state index in [1.807, 2.05) is 85.2 Å². The minimum Gasteiger partial charge on any atom is -0.500 e. The van der Waals surface area contributed by atoms with Crippen LogP contribution in [0.25, 0.3) is 66.8 Å². The molecule has 1 fully saturated rings.